The number of fused-ring (bicyclic) bond motifs is 2. The molecule has 1 atom stereocenters. The highest BCUT2D eigenvalue weighted by molar-refractivity contribution is 6.03. The van der Waals surface area contributed by atoms with E-state index in [2.05, 4.69) is 14.8 Å². The summed E-state index contributed by atoms with van der Waals surface area (Å²) in [7, 11) is 0. The van der Waals surface area contributed by atoms with Gasteiger partial charge in [-0.3, -0.25) is 4.79 Å². The molecule has 5 aromatic rings. The van der Waals surface area contributed by atoms with Crippen molar-refractivity contribution in [3.05, 3.63) is 125 Å². The number of nitrogens with one attached hydrogen (secondary N) is 1. The van der Waals surface area contributed by atoms with E-state index >= 15 is 4.39 Å². The molecule has 0 bridgehead atoms. The Morgan fingerprint density at radius 3 is 2.22 bits per heavy atom. The molecule has 0 spiro atoms. The number of rotatable bonds is 14. The lowest BCUT2D eigenvalue weighted by Gasteiger charge is -2.28. The molecule has 266 valence electrons. The normalized spacial score (nSPS) is 16.3. The third-order valence-electron chi connectivity index (χ3n) is 9.46. The van der Waals surface area contributed by atoms with Gasteiger partial charge in [0.25, 0.3) is 0 Å². The molecule has 2 aliphatic rings. The Bertz CT molecular complexity index is 2030. The summed E-state index contributed by atoms with van der Waals surface area (Å²) < 4.78 is 66.1. The summed E-state index contributed by atoms with van der Waals surface area (Å²) in [5, 5.41) is 14.5. The first-order chi connectivity index (χ1) is 24.4. The van der Waals surface area contributed by atoms with Crippen LogP contribution in [0.25, 0.3) is 10.9 Å². The van der Waals surface area contributed by atoms with Gasteiger partial charge in [-0.1, -0.05) is 80.6 Å². The highest BCUT2D eigenvalue weighted by atomic mass is 19.3. The number of halogens is 3. The van der Waals surface area contributed by atoms with E-state index in [1.54, 1.807) is 12.1 Å². The van der Waals surface area contributed by atoms with Crippen molar-refractivity contribution in [2.75, 3.05) is 18.5 Å². The number of carbonyl (C=O) groups is 1. The van der Waals surface area contributed by atoms with Gasteiger partial charge in [-0.15, -0.1) is 8.78 Å². The predicted molar refractivity (Wildman–Crippen MR) is 185 cm³/mol. The molecule has 1 saturated carbocycles. The van der Waals surface area contributed by atoms with E-state index in [0.29, 0.717) is 49.1 Å². The molecule has 51 heavy (non-hydrogen) atoms. The summed E-state index contributed by atoms with van der Waals surface area (Å²) in [5.41, 5.74) is 2.26. The van der Waals surface area contributed by atoms with Gasteiger partial charge in [0, 0.05) is 22.6 Å². The molecule has 8 nitrogen and oxygen atoms in total. The average molecular weight is 701 g/mol. The van der Waals surface area contributed by atoms with Crippen molar-refractivity contribution in [3.63, 3.8) is 0 Å². The van der Waals surface area contributed by atoms with E-state index in [4.69, 9.17) is 9.47 Å². The van der Waals surface area contributed by atoms with Crippen molar-refractivity contribution >= 4 is 22.5 Å². The zero-order valence-corrected chi connectivity index (χ0v) is 28.3. The van der Waals surface area contributed by atoms with Crippen molar-refractivity contribution in [2.45, 2.75) is 69.7 Å². The summed E-state index contributed by atoms with van der Waals surface area (Å²) in [4.78, 5) is 13.7. The Morgan fingerprint density at radius 1 is 0.902 bits per heavy atom. The molecule has 1 aromatic heterocycles. The van der Waals surface area contributed by atoms with E-state index in [1.807, 2.05) is 85.1 Å². The van der Waals surface area contributed by atoms with Crippen molar-refractivity contribution < 1.29 is 42.0 Å². The van der Waals surface area contributed by atoms with Gasteiger partial charge in [0.05, 0.1) is 55.7 Å². The number of aliphatic hydroxyl groups is 1. The molecule has 0 saturated heterocycles. The molecular formula is C40H39F3N2O6. The number of hydrogen-bond donors (Lipinski definition) is 2. The van der Waals surface area contributed by atoms with Crippen LogP contribution in [0.5, 0.6) is 11.5 Å². The van der Waals surface area contributed by atoms with Crippen molar-refractivity contribution in [3.8, 4) is 11.5 Å². The van der Waals surface area contributed by atoms with E-state index < -0.39 is 35.0 Å². The van der Waals surface area contributed by atoms with Crippen LogP contribution in [-0.2, 0) is 44.9 Å². The molecule has 7 rings (SSSR count). The lowest BCUT2D eigenvalue weighted by Crippen LogP contribution is -2.30. The molecule has 2 heterocycles. The Hall–Kier alpha value is -4.84. The summed E-state index contributed by atoms with van der Waals surface area (Å²) in [6.45, 7) is 5.35. The lowest BCUT2D eigenvalue weighted by molar-refractivity contribution is -0.286. The van der Waals surface area contributed by atoms with E-state index in [1.165, 1.54) is 18.2 Å². The zero-order chi connectivity index (χ0) is 35.8. The zero-order valence-electron chi connectivity index (χ0n) is 28.3. The molecule has 1 fully saturated rings. The number of aliphatic hydroxyl groups excluding tert-OH is 1. The number of anilines is 1. The van der Waals surface area contributed by atoms with E-state index in [-0.39, 0.29) is 30.3 Å². The van der Waals surface area contributed by atoms with Crippen LogP contribution in [0.2, 0.25) is 0 Å². The fraction of sp³-hybridized carbons (Fsp3) is 0.325. The fourth-order valence-corrected chi connectivity index (χ4v) is 6.62. The van der Waals surface area contributed by atoms with Crippen LogP contribution in [0.1, 0.15) is 49.1 Å². The maximum atomic E-state index is 15.9. The number of aromatic nitrogens is 1. The molecule has 1 amide bonds. The highest BCUT2D eigenvalue weighted by Crippen LogP contribution is 2.52. The molecule has 1 aliphatic heterocycles. The SMILES string of the molecule is CC(C)(COCc1ccccc1)c1cc2cc(NC(=O)C3(c4ccc5c(c4)OC(F)(F)O5)CC3)c(F)cc2n1C[C@@H](O)COCc1ccccc1. The van der Waals surface area contributed by atoms with Crippen molar-refractivity contribution in [1.29, 1.82) is 0 Å². The first-order valence-electron chi connectivity index (χ1n) is 16.9. The van der Waals surface area contributed by atoms with Crippen LogP contribution in [0, 0.1) is 5.82 Å². The molecular weight excluding hydrogens is 661 g/mol. The Balaban J connectivity index is 1.13. The first kappa shape index (κ1) is 34.6. The van der Waals surface area contributed by atoms with Gasteiger partial charge < -0.3 is 33.9 Å². The second kappa shape index (κ2) is 13.7. The number of alkyl halides is 2. The number of nitrogens with zero attached hydrogens (tertiary/aromatic N) is 1. The van der Waals surface area contributed by atoms with Gasteiger partial charge in [0.15, 0.2) is 11.5 Å². The number of benzene rings is 4. The van der Waals surface area contributed by atoms with Gasteiger partial charge in [0.2, 0.25) is 5.91 Å². The lowest BCUT2D eigenvalue weighted by atomic mass is 9.90. The molecule has 0 unspecified atom stereocenters. The number of carbonyl (C=O) groups excluding carboxylic acids is 1. The highest BCUT2D eigenvalue weighted by Gasteiger charge is 2.53. The summed E-state index contributed by atoms with van der Waals surface area (Å²) in [6.07, 6.45) is -3.76. The summed E-state index contributed by atoms with van der Waals surface area (Å²) in [5.74, 6) is -1.37. The minimum Gasteiger partial charge on any atom is -0.395 e. The van der Waals surface area contributed by atoms with Gasteiger partial charge >= 0.3 is 6.29 Å². The van der Waals surface area contributed by atoms with E-state index in [0.717, 1.165) is 16.8 Å². The Morgan fingerprint density at radius 2 is 1.55 bits per heavy atom. The number of hydrogen-bond acceptors (Lipinski definition) is 6. The van der Waals surface area contributed by atoms with Gasteiger partial charge in [-0.05, 0) is 53.8 Å². The topological polar surface area (TPSA) is 91.2 Å². The fourth-order valence-electron chi connectivity index (χ4n) is 6.62. The third kappa shape index (κ3) is 7.46. The van der Waals surface area contributed by atoms with Gasteiger partial charge in [0.1, 0.15) is 5.82 Å². The summed E-state index contributed by atoms with van der Waals surface area (Å²) in [6, 6.07) is 28.7. The maximum absolute atomic E-state index is 15.9. The second-order valence-corrected chi connectivity index (χ2v) is 13.9. The van der Waals surface area contributed by atoms with Crippen LogP contribution in [-0.4, -0.2) is 41.2 Å². The van der Waals surface area contributed by atoms with Crippen molar-refractivity contribution in [2.24, 2.45) is 0 Å². The molecule has 4 aromatic carbocycles. The van der Waals surface area contributed by atoms with Crippen LogP contribution in [0.3, 0.4) is 0 Å². The van der Waals surface area contributed by atoms with Crippen LogP contribution >= 0.6 is 0 Å². The van der Waals surface area contributed by atoms with Gasteiger partial charge in [-0.25, -0.2) is 4.39 Å². The van der Waals surface area contributed by atoms with E-state index in [9.17, 15) is 18.7 Å². The molecule has 2 N–H and O–H groups in total. The smallest absolute Gasteiger partial charge is 0.395 e. The standard InChI is InChI=1S/C40H39F3N2O6/c1-38(2,25-49-23-27-11-7-4-8-12-27)36-18-28-17-32(31(41)20-33(28)45(36)21-30(46)24-48-22-26-9-5-3-6-10-26)44-37(47)39(15-16-39)29-13-14-34-35(19-29)51-40(42,43)50-34/h3-14,17-20,30,46H,15-16,21-25H2,1-2H3,(H,44,47)/t30-/m1/s1. The number of ether oxygens (including phenoxy) is 4. The Labute approximate surface area is 293 Å². The van der Waals surface area contributed by atoms with Crippen LogP contribution < -0.4 is 14.8 Å². The molecule has 0 radical (unpaired) electrons. The minimum absolute atomic E-state index is 0.0142. The number of amides is 1. The quantitative estimate of drug-likeness (QED) is 0.123. The minimum atomic E-state index is -3.78. The van der Waals surface area contributed by atoms with Crippen LogP contribution in [0.4, 0.5) is 18.9 Å². The molecule has 1 aliphatic carbocycles. The summed E-state index contributed by atoms with van der Waals surface area (Å²) >= 11 is 0. The average Bonchev–Trinajstić information content (AvgIpc) is 3.75. The first-order valence-corrected chi connectivity index (χ1v) is 16.9. The second-order valence-electron chi connectivity index (χ2n) is 13.9. The monoisotopic (exact) mass is 700 g/mol. The maximum Gasteiger partial charge on any atom is 0.586 e. The van der Waals surface area contributed by atoms with Gasteiger partial charge in [-0.2, -0.15) is 0 Å². The van der Waals surface area contributed by atoms with Crippen molar-refractivity contribution in [1.82, 2.24) is 4.57 Å². The predicted octanol–water partition coefficient (Wildman–Crippen LogP) is 7.84. The Kier molecular flexibility index (Phi) is 9.30. The third-order valence-corrected chi connectivity index (χ3v) is 9.46. The molecule has 11 heteroatoms. The van der Waals surface area contributed by atoms with Crippen LogP contribution in [0.15, 0.2) is 97.1 Å². The largest absolute Gasteiger partial charge is 0.586 e.